The standard InChI is InChI=1S/C14H10N4O6S.C3H9N/c19-14-13(17-16-11-3-1-2-4-12(11)18(20)21)9-7-8(25(22,23)24)5-6-10(9)15-14;1-3(2)4/h1-7,15,19H,(H,22,23,24);3H,4H2,1-2H3. The highest BCUT2D eigenvalue weighted by molar-refractivity contribution is 7.85. The first-order valence-electron chi connectivity index (χ1n) is 8.23. The summed E-state index contributed by atoms with van der Waals surface area (Å²) in [5, 5.41) is 28.6. The van der Waals surface area contributed by atoms with Crippen molar-refractivity contribution in [2.45, 2.75) is 24.8 Å². The van der Waals surface area contributed by atoms with E-state index in [9.17, 15) is 23.6 Å². The van der Waals surface area contributed by atoms with Crippen molar-refractivity contribution in [3.63, 3.8) is 0 Å². The highest BCUT2D eigenvalue weighted by atomic mass is 32.2. The number of hydrogen-bond acceptors (Lipinski definition) is 8. The van der Waals surface area contributed by atoms with E-state index in [-0.39, 0.29) is 27.3 Å². The fraction of sp³-hybridized carbons (Fsp3) is 0.176. The Morgan fingerprint density at radius 1 is 1.17 bits per heavy atom. The Morgan fingerprint density at radius 2 is 1.79 bits per heavy atom. The van der Waals surface area contributed by atoms with Gasteiger partial charge in [0.2, 0.25) is 5.88 Å². The molecule has 0 aliphatic heterocycles. The quantitative estimate of drug-likeness (QED) is 0.213. The Kier molecular flexibility index (Phi) is 6.64. The van der Waals surface area contributed by atoms with Crippen molar-refractivity contribution in [1.29, 1.82) is 0 Å². The molecule has 3 rings (SSSR count). The number of rotatable bonds is 4. The largest absolute Gasteiger partial charge is 0.493 e. The molecule has 12 heteroatoms. The first-order valence-corrected chi connectivity index (χ1v) is 9.67. The predicted octanol–water partition coefficient (Wildman–Crippen LogP) is 3.80. The molecular weight excluding hydrogens is 402 g/mol. The molecule has 0 unspecified atom stereocenters. The predicted molar refractivity (Wildman–Crippen MR) is 106 cm³/mol. The van der Waals surface area contributed by atoms with E-state index < -0.39 is 20.9 Å². The van der Waals surface area contributed by atoms with Crippen LogP contribution in [0.1, 0.15) is 13.8 Å². The Bertz CT molecular complexity index is 1170. The summed E-state index contributed by atoms with van der Waals surface area (Å²) in [4.78, 5) is 12.5. The van der Waals surface area contributed by atoms with Gasteiger partial charge in [-0.3, -0.25) is 14.7 Å². The first kappa shape index (κ1) is 21.9. The number of nitrogens with two attached hydrogens (primary N) is 1. The molecule has 0 radical (unpaired) electrons. The number of nitrogens with zero attached hydrogens (tertiary/aromatic N) is 3. The Morgan fingerprint density at radius 3 is 2.38 bits per heavy atom. The van der Waals surface area contributed by atoms with Crippen LogP contribution in [0.15, 0.2) is 57.6 Å². The van der Waals surface area contributed by atoms with Gasteiger partial charge in [0.05, 0.1) is 15.3 Å². The maximum absolute atomic E-state index is 11.2. The van der Waals surface area contributed by atoms with Crippen LogP contribution in [0.4, 0.5) is 17.1 Å². The van der Waals surface area contributed by atoms with Gasteiger partial charge in [-0.2, -0.15) is 8.42 Å². The lowest BCUT2D eigenvalue weighted by molar-refractivity contribution is -0.384. The number of nitro groups is 1. The van der Waals surface area contributed by atoms with E-state index in [1.54, 1.807) is 0 Å². The molecule has 0 spiro atoms. The lowest BCUT2D eigenvalue weighted by atomic mass is 10.2. The number of aromatic hydroxyl groups is 1. The zero-order valence-electron chi connectivity index (χ0n) is 15.5. The summed E-state index contributed by atoms with van der Waals surface area (Å²) in [6.45, 7) is 3.89. The van der Waals surface area contributed by atoms with Gasteiger partial charge in [0.15, 0.2) is 11.4 Å². The molecule has 0 saturated carbocycles. The zero-order valence-corrected chi connectivity index (χ0v) is 16.3. The van der Waals surface area contributed by atoms with Crippen LogP contribution in [0.3, 0.4) is 0 Å². The summed E-state index contributed by atoms with van der Waals surface area (Å²) in [5.41, 5.74) is 5.04. The molecule has 0 saturated heterocycles. The van der Waals surface area contributed by atoms with E-state index in [0.29, 0.717) is 11.6 Å². The third-order valence-electron chi connectivity index (χ3n) is 3.36. The Labute approximate surface area is 165 Å². The maximum Gasteiger partial charge on any atom is 0.296 e. The van der Waals surface area contributed by atoms with E-state index in [0.717, 1.165) is 12.1 Å². The molecule has 0 aliphatic carbocycles. The molecule has 11 nitrogen and oxygen atoms in total. The lowest BCUT2D eigenvalue weighted by Gasteiger charge is -1.98. The van der Waals surface area contributed by atoms with Crippen molar-refractivity contribution < 1.29 is 23.0 Å². The van der Waals surface area contributed by atoms with Gasteiger partial charge in [-0.15, -0.1) is 10.2 Å². The summed E-state index contributed by atoms with van der Waals surface area (Å²) in [7, 11) is -4.44. The number of fused-ring (bicyclic) bond motifs is 1. The molecule has 0 aliphatic rings. The summed E-state index contributed by atoms with van der Waals surface area (Å²) in [6.07, 6.45) is 0. The van der Waals surface area contributed by atoms with Gasteiger partial charge < -0.3 is 15.8 Å². The number of H-pyrrole nitrogens is 1. The van der Waals surface area contributed by atoms with Crippen molar-refractivity contribution in [3.8, 4) is 5.88 Å². The van der Waals surface area contributed by atoms with Gasteiger partial charge in [-0.25, -0.2) is 0 Å². The van der Waals surface area contributed by atoms with Gasteiger partial charge in [0, 0.05) is 11.5 Å². The lowest BCUT2D eigenvalue weighted by Crippen LogP contribution is -2.06. The number of azo groups is 1. The van der Waals surface area contributed by atoms with E-state index >= 15 is 0 Å². The van der Waals surface area contributed by atoms with Crippen molar-refractivity contribution in [3.05, 3.63) is 52.6 Å². The van der Waals surface area contributed by atoms with Gasteiger partial charge in [-0.05, 0) is 30.3 Å². The minimum absolute atomic E-state index is 0.0350. The fourth-order valence-corrected chi connectivity index (χ4v) is 2.72. The topological polar surface area (TPSA) is 184 Å². The average molecular weight is 421 g/mol. The number of aromatic nitrogens is 1. The normalized spacial score (nSPS) is 11.6. The number of aromatic amines is 1. The van der Waals surface area contributed by atoms with Crippen molar-refractivity contribution in [1.82, 2.24) is 4.98 Å². The molecule has 154 valence electrons. The van der Waals surface area contributed by atoms with Crippen LogP contribution in [0.2, 0.25) is 0 Å². The summed E-state index contributed by atoms with van der Waals surface area (Å²) in [5.74, 6) is -0.398. The summed E-state index contributed by atoms with van der Waals surface area (Å²) < 4.78 is 31.6. The second-order valence-electron chi connectivity index (χ2n) is 6.19. The fourth-order valence-electron chi connectivity index (χ4n) is 2.21. The third kappa shape index (κ3) is 5.57. The summed E-state index contributed by atoms with van der Waals surface area (Å²) in [6, 6.07) is 9.55. The second-order valence-corrected chi connectivity index (χ2v) is 7.62. The van der Waals surface area contributed by atoms with Gasteiger partial charge in [-0.1, -0.05) is 26.0 Å². The number of nitro benzene ring substituents is 1. The number of benzene rings is 2. The van der Waals surface area contributed by atoms with Crippen molar-refractivity contribution in [2.24, 2.45) is 16.0 Å². The van der Waals surface area contributed by atoms with Gasteiger partial charge >= 0.3 is 0 Å². The highest BCUT2D eigenvalue weighted by Gasteiger charge is 2.17. The van der Waals surface area contributed by atoms with Crippen molar-refractivity contribution >= 4 is 38.1 Å². The molecule has 2 aromatic carbocycles. The van der Waals surface area contributed by atoms with E-state index in [1.165, 1.54) is 30.3 Å². The van der Waals surface area contributed by atoms with E-state index in [2.05, 4.69) is 15.2 Å². The number of hydrogen-bond donors (Lipinski definition) is 4. The van der Waals surface area contributed by atoms with Crippen LogP contribution in [0.25, 0.3) is 10.9 Å². The molecule has 0 bridgehead atoms. The van der Waals surface area contributed by atoms with E-state index in [1.807, 2.05) is 13.8 Å². The minimum Gasteiger partial charge on any atom is -0.493 e. The van der Waals surface area contributed by atoms with Crippen LogP contribution >= 0.6 is 0 Å². The molecule has 29 heavy (non-hydrogen) atoms. The molecule has 1 aromatic heterocycles. The Hall–Kier alpha value is -3.35. The molecular formula is C17H19N5O6S. The highest BCUT2D eigenvalue weighted by Crippen LogP contribution is 2.38. The Balaban J connectivity index is 0.000000687. The smallest absolute Gasteiger partial charge is 0.296 e. The zero-order chi connectivity index (χ0) is 21.8. The molecule has 0 fully saturated rings. The van der Waals surface area contributed by atoms with E-state index in [4.69, 9.17) is 10.3 Å². The molecule has 5 N–H and O–H groups in total. The summed E-state index contributed by atoms with van der Waals surface area (Å²) >= 11 is 0. The molecule has 0 atom stereocenters. The average Bonchev–Trinajstić information content (AvgIpc) is 2.93. The minimum atomic E-state index is -4.44. The number of nitrogens with one attached hydrogen (secondary N) is 1. The molecule has 0 amide bonds. The second kappa shape index (κ2) is 8.77. The monoisotopic (exact) mass is 421 g/mol. The van der Waals surface area contributed by atoms with Crippen LogP contribution in [-0.4, -0.2) is 34.0 Å². The maximum atomic E-state index is 11.2. The van der Waals surface area contributed by atoms with Crippen LogP contribution in [0.5, 0.6) is 5.88 Å². The molecule has 1 heterocycles. The number of para-hydroxylation sites is 1. The SMILES string of the molecule is CC(C)N.O=[N+]([O-])c1ccccc1N=Nc1c(O)[nH]c2ccc(S(=O)(=O)O)cc12. The van der Waals surface area contributed by atoms with Crippen LogP contribution in [0, 0.1) is 10.1 Å². The first-order chi connectivity index (χ1) is 13.5. The van der Waals surface area contributed by atoms with Crippen molar-refractivity contribution in [2.75, 3.05) is 0 Å². The van der Waals surface area contributed by atoms with Crippen LogP contribution < -0.4 is 5.73 Å². The van der Waals surface area contributed by atoms with Crippen LogP contribution in [-0.2, 0) is 10.1 Å². The third-order valence-corrected chi connectivity index (χ3v) is 4.21. The van der Waals surface area contributed by atoms with Gasteiger partial charge in [0.1, 0.15) is 0 Å². The molecule has 3 aromatic rings. The van der Waals surface area contributed by atoms with Gasteiger partial charge in [0.25, 0.3) is 15.8 Å².